The molecule has 1 fully saturated rings. The number of piperidine rings is 1. The van der Waals surface area contributed by atoms with Crippen LogP contribution in [0.25, 0.3) is 0 Å². The highest BCUT2D eigenvalue weighted by Gasteiger charge is 2.21. The summed E-state index contributed by atoms with van der Waals surface area (Å²) >= 11 is 0. The number of likely N-dealkylation sites (tertiary alicyclic amines) is 1. The number of aromatic nitrogens is 3. The smallest absolute Gasteiger partial charge is 0.256 e. The van der Waals surface area contributed by atoms with Gasteiger partial charge in [-0.15, -0.1) is 0 Å². The van der Waals surface area contributed by atoms with E-state index in [1.807, 2.05) is 24.6 Å². The third kappa shape index (κ3) is 3.59. The van der Waals surface area contributed by atoms with Crippen LogP contribution in [0.4, 0.5) is 5.82 Å². The van der Waals surface area contributed by atoms with E-state index in [9.17, 15) is 4.79 Å². The Balaban J connectivity index is 1.76. The van der Waals surface area contributed by atoms with Crippen LogP contribution in [0.5, 0.6) is 0 Å². The van der Waals surface area contributed by atoms with E-state index in [0.29, 0.717) is 11.6 Å². The van der Waals surface area contributed by atoms with Gasteiger partial charge in [0.15, 0.2) is 0 Å². The molecule has 6 nitrogen and oxygen atoms in total. The van der Waals surface area contributed by atoms with Crippen LogP contribution < -0.4 is 5.32 Å². The first-order valence-electron chi connectivity index (χ1n) is 8.01. The number of nitrogens with one attached hydrogen (secondary N) is 1. The Labute approximate surface area is 136 Å². The van der Waals surface area contributed by atoms with E-state index >= 15 is 0 Å². The highest BCUT2D eigenvalue weighted by molar-refractivity contribution is 6.03. The van der Waals surface area contributed by atoms with Crippen molar-refractivity contribution in [3.8, 4) is 0 Å². The van der Waals surface area contributed by atoms with Crippen molar-refractivity contribution in [2.45, 2.75) is 32.7 Å². The third-order valence-corrected chi connectivity index (χ3v) is 4.29. The normalized spacial score (nSPS) is 16.5. The van der Waals surface area contributed by atoms with Crippen LogP contribution in [0.1, 0.15) is 40.6 Å². The van der Waals surface area contributed by atoms with Gasteiger partial charge in [-0.3, -0.25) is 9.78 Å². The molecule has 0 atom stereocenters. The average Bonchev–Trinajstić information content (AvgIpc) is 2.95. The lowest BCUT2D eigenvalue weighted by molar-refractivity contribution is 0.102. The monoisotopic (exact) mass is 313 g/mol. The lowest BCUT2D eigenvalue weighted by Gasteiger charge is -2.30. The lowest BCUT2D eigenvalue weighted by Crippen LogP contribution is -2.32. The molecule has 0 radical (unpaired) electrons. The highest BCUT2D eigenvalue weighted by atomic mass is 16.1. The fourth-order valence-corrected chi connectivity index (χ4v) is 3.10. The average molecular weight is 313 g/mol. The number of carbonyl (C=O) groups excluding carboxylic acids is 1. The number of hydrogen-bond acceptors (Lipinski definition) is 4. The number of amides is 1. The maximum Gasteiger partial charge on any atom is 0.256 e. The third-order valence-electron chi connectivity index (χ3n) is 4.29. The molecule has 0 unspecified atom stereocenters. The number of pyridine rings is 1. The minimum atomic E-state index is -0.117. The van der Waals surface area contributed by atoms with Gasteiger partial charge in [0.05, 0.1) is 12.2 Å². The molecule has 1 N–H and O–H groups in total. The van der Waals surface area contributed by atoms with E-state index in [1.165, 1.54) is 0 Å². The Bertz CT molecular complexity index is 681. The molecule has 3 rings (SSSR count). The molecule has 1 saturated heterocycles. The second-order valence-electron chi connectivity index (χ2n) is 6.29. The number of carbonyl (C=O) groups is 1. The first-order valence-corrected chi connectivity index (χ1v) is 8.01. The number of hydrogen-bond donors (Lipinski definition) is 1. The second-order valence-corrected chi connectivity index (χ2v) is 6.29. The van der Waals surface area contributed by atoms with Gasteiger partial charge in [0.25, 0.3) is 5.91 Å². The summed E-state index contributed by atoms with van der Waals surface area (Å²) < 4.78 is 1.95. The van der Waals surface area contributed by atoms with Gasteiger partial charge in [-0.2, -0.15) is 5.10 Å². The standard InChI is InChI=1S/C17H23N5O/c1-12-10-14(11-13(2)19-12)17(23)20-16-4-7-18-22(16)15-5-8-21(3)9-6-15/h4,7,10-11,15H,5-6,8-9H2,1-3H3,(H,20,23). The van der Waals surface area contributed by atoms with Crippen LogP contribution in [0, 0.1) is 13.8 Å². The summed E-state index contributed by atoms with van der Waals surface area (Å²) in [5.74, 6) is 0.643. The van der Waals surface area contributed by atoms with E-state index in [2.05, 4.69) is 27.3 Å². The van der Waals surface area contributed by atoms with E-state index in [1.54, 1.807) is 18.3 Å². The molecule has 0 saturated carbocycles. The van der Waals surface area contributed by atoms with E-state index in [-0.39, 0.29) is 5.91 Å². The van der Waals surface area contributed by atoms with Gasteiger partial charge in [-0.1, -0.05) is 0 Å². The first kappa shape index (κ1) is 15.7. The second kappa shape index (κ2) is 6.50. The molecule has 0 aliphatic carbocycles. The Morgan fingerprint density at radius 3 is 2.52 bits per heavy atom. The Hall–Kier alpha value is -2.21. The SMILES string of the molecule is Cc1cc(C(=O)Nc2ccnn2C2CCN(C)CC2)cc(C)n1. The van der Waals surface area contributed by atoms with Crippen molar-refractivity contribution in [3.05, 3.63) is 41.3 Å². The van der Waals surface area contributed by atoms with Crippen LogP contribution in [0.2, 0.25) is 0 Å². The fourth-order valence-electron chi connectivity index (χ4n) is 3.10. The van der Waals surface area contributed by atoms with E-state index < -0.39 is 0 Å². The van der Waals surface area contributed by atoms with Gasteiger partial charge < -0.3 is 10.2 Å². The number of aryl methyl sites for hydroxylation is 2. The quantitative estimate of drug-likeness (QED) is 0.945. The summed E-state index contributed by atoms with van der Waals surface area (Å²) in [4.78, 5) is 19.1. The zero-order chi connectivity index (χ0) is 16.4. The molecule has 1 aliphatic rings. The van der Waals surface area contributed by atoms with Crippen molar-refractivity contribution < 1.29 is 4.79 Å². The molecule has 2 aromatic rings. The Morgan fingerprint density at radius 2 is 1.87 bits per heavy atom. The number of nitrogens with zero attached hydrogens (tertiary/aromatic N) is 4. The molecule has 23 heavy (non-hydrogen) atoms. The zero-order valence-electron chi connectivity index (χ0n) is 13.9. The van der Waals surface area contributed by atoms with E-state index in [0.717, 1.165) is 43.1 Å². The topological polar surface area (TPSA) is 63.1 Å². The first-order chi connectivity index (χ1) is 11.0. The van der Waals surface area contributed by atoms with E-state index in [4.69, 9.17) is 0 Å². The molecular formula is C17H23N5O. The van der Waals surface area contributed by atoms with Gasteiger partial charge in [-0.25, -0.2) is 4.68 Å². The summed E-state index contributed by atoms with van der Waals surface area (Å²) in [6.07, 6.45) is 3.85. The molecule has 3 heterocycles. The Morgan fingerprint density at radius 1 is 1.22 bits per heavy atom. The molecular weight excluding hydrogens is 290 g/mol. The van der Waals surface area contributed by atoms with Crippen molar-refractivity contribution in [2.75, 3.05) is 25.5 Å². The molecule has 122 valence electrons. The molecule has 6 heteroatoms. The summed E-state index contributed by atoms with van der Waals surface area (Å²) in [5, 5.41) is 7.41. The summed E-state index contributed by atoms with van der Waals surface area (Å²) in [5.41, 5.74) is 2.32. The lowest BCUT2D eigenvalue weighted by atomic mass is 10.1. The summed E-state index contributed by atoms with van der Waals surface area (Å²) in [7, 11) is 2.14. The summed E-state index contributed by atoms with van der Waals surface area (Å²) in [6, 6.07) is 5.81. The number of rotatable bonds is 3. The maximum absolute atomic E-state index is 12.5. The van der Waals surface area contributed by atoms with Crippen LogP contribution >= 0.6 is 0 Å². The minimum absolute atomic E-state index is 0.117. The molecule has 0 spiro atoms. The van der Waals surface area contributed by atoms with Gasteiger partial charge in [0.1, 0.15) is 5.82 Å². The number of anilines is 1. The molecule has 0 aromatic carbocycles. The van der Waals surface area contributed by atoms with Crippen LogP contribution in [0.3, 0.4) is 0 Å². The van der Waals surface area contributed by atoms with Crippen molar-refractivity contribution in [2.24, 2.45) is 0 Å². The van der Waals surface area contributed by atoms with Crippen LogP contribution in [-0.2, 0) is 0 Å². The zero-order valence-corrected chi connectivity index (χ0v) is 13.9. The van der Waals surface area contributed by atoms with Gasteiger partial charge in [0, 0.05) is 23.0 Å². The molecule has 1 aliphatic heterocycles. The minimum Gasteiger partial charge on any atom is -0.307 e. The van der Waals surface area contributed by atoms with Crippen molar-refractivity contribution in [3.63, 3.8) is 0 Å². The molecule has 0 bridgehead atoms. The van der Waals surface area contributed by atoms with Crippen LogP contribution in [-0.4, -0.2) is 45.7 Å². The predicted octanol–water partition coefficient (Wildman–Crippen LogP) is 2.41. The largest absolute Gasteiger partial charge is 0.307 e. The Kier molecular flexibility index (Phi) is 4.43. The maximum atomic E-state index is 12.5. The van der Waals surface area contributed by atoms with Gasteiger partial charge >= 0.3 is 0 Å². The predicted molar refractivity (Wildman–Crippen MR) is 89.7 cm³/mol. The van der Waals surface area contributed by atoms with Gasteiger partial charge in [0.2, 0.25) is 0 Å². The van der Waals surface area contributed by atoms with Crippen LogP contribution in [0.15, 0.2) is 24.4 Å². The molecule has 1 amide bonds. The van der Waals surface area contributed by atoms with Gasteiger partial charge in [-0.05, 0) is 59.0 Å². The highest BCUT2D eigenvalue weighted by Crippen LogP contribution is 2.25. The fraction of sp³-hybridized carbons (Fsp3) is 0.471. The van der Waals surface area contributed by atoms with Crippen molar-refractivity contribution >= 4 is 11.7 Å². The molecule has 2 aromatic heterocycles. The van der Waals surface area contributed by atoms with Crippen molar-refractivity contribution in [1.29, 1.82) is 0 Å². The summed E-state index contributed by atoms with van der Waals surface area (Å²) in [6.45, 7) is 5.90. The van der Waals surface area contributed by atoms with Crippen molar-refractivity contribution in [1.82, 2.24) is 19.7 Å².